The van der Waals surface area contributed by atoms with Gasteiger partial charge in [0, 0.05) is 24.7 Å². The summed E-state index contributed by atoms with van der Waals surface area (Å²) in [5, 5.41) is 6.30. The van der Waals surface area contributed by atoms with Gasteiger partial charge >= 0.3 is 0 Å². The van der Waals surface area contributed by atoms with Crippen LogP contribution in [0.4, 0.5) is 0 Å². The second-order valence-electron chi connectivity index (χ2n) is 7.34. The van der Waals surface area contributed by atoms with Crippen LogP contribution in [0.25, 0.3) is 0 Å². The second-order valence-corrected chi connectivity index (χ2v) is 9.33. The third kappa shape index (κ3) is 5.44. The molecule has 1 amide bonds. The molecule has 0 aromatic heterocycles. The number of rotatable bonds is 5. The van der Waals surface area contributed by atoms with Crippen molar-refractivity contribution in [1.82, 2.24) is 14.9 Å². The molecule has 2 N–H and O–H groups in total. The van der Waals surface area contributed by atoms with Gasteiger partial charge in [0.2, 0.25) is 10.0 Å². The molecule has 8 heteroatoms. The summed E-state index contributed by atoms with van der Waals surface area (Å²) >= 11 is 0. The predicted molar refractivity (Wildman–Crippen MR) is 109 cm³/mol. The maximum atomic E-state index is 12.8. The summed E-state index contributed by atoms with van der Waals surface area (Å²) in [5.74, 6) is -0.138. The fraction of sp³-hybridized carbons (Fsp3) is 0.632. The topological polar surface area (TPSA) is 78.5 Å². The highest BCUT2D eigenvalue weighted by molar-refractivity contribution is 7.89. The smallest absolute Gasteiger partial charge is 0.251 e. The van der Waals surface area contributed by atoms with Crippen molar-refractivity contribution in [2.24, 2.45) is 0 Å². The average Bonchev–Trinajstić information content (AvgIpc) is 2.69. The number of nitrogens with zero attached hydrogens (tertiary/aromatic N) is 1. The van der Waals surface area contributed by atoms with Gasteiger partial charge < -0.3 is 10.6 Å². The van der Waals surface area contributed by atoms with Gasteiger partial charge in [-0.1, -0.05) is 19.3 Å². The molecule has 0 bridgehead atoms. The van der Waals surface area contributed by atoms with E-state index in [1.165, 1.54) is 10.7 Å². The summed E-state index contributed by atoms with van der Waals surface area (Å²) in [7, 11) is -1.85. The molecule has 2 fully saturated rings. The molecule has 0 spiro atoms. The van der Waals surface area contributed by atoms with Crippen LogP contribution in [0.2, 0.25) is 0 Å². The van der Waals surface area contributed by atoms with E-state index in [0.717, 1.165) is 51.6 Å². The molecule has 0 atom stereocenters. The minimum Gasteiger partial charge on any atom is -0.349 e. The summed E-state index contributed by atoms with van der Waals surface area (Å²) in [5.41, 5.74) is 0.503. The molecule has 1 saturated carbocycles. The van der Waals surface area contributed by atoms with Crippen molar-refractivity contribution in [2.45, 2.75) is 61.9 Å². The molecule has 27 heavy (non-hydrogen) atoms. The zero-order valence-corrected chi connectivity index (χ0v) is 17.4. The van der Waals surface area contributed by atoms with Crippen LogP contribution in [-0.4, -0.2) is 50.9 Å². The lowest BCUT2D eigenvalue weighted by Crippen LogP contribution is -2.42. The van der Waals surface area contributed by atoms with Gasteiger partial charge in [-0.3, -0.25) is 4.79 Å². The predicted octanol–water partition coefficient (Wildman–Crippen LogP) is 2.54. The van der Waals surface area contributed by atoms with Crippen LogP contribution >= 0.6 is 12.4 Å². The minimum absolute atomic E-state index is 0. The van der Waals surface area contributed by atoms with Gasteiger partial charge in [-0.25, -0.2) is 8.42 Å². The highest BCUT2D eigenvalue weighted by Gasteiger charge is 2.29. The van der Waals surface area contributed by atoms with Gasteiger partial charge in [0.1, 0.15) is 0 Å². The maximum absolute atomic E-state index is 12.8. The van der Waals surface area contributed by atoms with Crippen LogP contribution in [0.15, 0.2) is 29.2 Å². The Morgan fingerprint density at radius 1 is 1.04 bits per heavy atom. The lowest BCUT2D eigenvalue weighted by molar-refractivity contribution is 0.0929. The molecule has 152 valence electrons. The van der Waals surface area contributed by atoms with Crippen molar-refractivity contribution < 1.29 is 13.2 Å². The molecule has 2 aliphatic rings. The Morgan fingerprint density at radius 3 is 2.22 bits per heavy atom. The molecule has 1 aromatic rings. The van der Waals surface area contributed by atoms with Crippen LogP contribution in [0.5, 0.6) is 0 Å². The van der Waals surface area contributed by atoms with Gasteiger partial charge in [0.25, 0.3) is 5.91 Å². The molecule has 1 saturated heterocycles. The van der Waals surface area contributed by atoms with E-state index in [0.29, 0.717) is 5.56 Å². The van der Waals surface area contributed by atoms with Crippen LogP contribution in [0.3, 0.4) is 0 Å². The average molecular weight is 416 g/mol. The van der Waals surface area contributed by atoms with E-state index in [4.69, 9.17) is 0 Å². The summed E-state index contributed by atoms with van der Waals surface area (Å²) in [6.07, 6.45) is 7.04. The number of amides is 1. The Morgan fingerprint density at radius 2 is 1.63 bits per heavy atom. The van der Waals surface area contributed by atoms with E-state index in [-0.39, 0.29) is 35.3 Å². The van der Waals surface area contributed by atoms with Crippen molar-refractivity contribution in [1.29, 1.82) is 0 Å². The zero-order valence-electron chi connectivity index (χ0n) is 15.8. The van der Waals surface area contributed by atoms with Crippen LogP contribution in [0.1, 0.15) is 55.3 Å². The standard InChI is InChI=1S/C19H29N3O3S.ClH/c1-22(17-5-3-2-4-6-17)26(24,25)18-9-7-15(8-10-18)19(23)21-16-11-13-20-14-12-16;/h7-10,16-17,20H,2-6,11-14H2,1H3,(H,21,23);1H. The molecule has 1 aliphatic carbocycles. The Bertz CT molecular complexity index is 712. The minimum atomic E-state index is -3.51. The fourth-order valence-corrected chi connectivity index (χ4v) is 5.24. The second kappa shape index (κ2) is 9.87. The number of piperidine rings is 1. The van der Waals surface area contributed by atoms with Gasteiger partial charge in [0.15, 0.2) is 0 Å². The first-order chi connectivity index (χ1) is 12.5. The quantitative estimate of drug-likeness (QED) is 0.774. The molecule has 1 aliphatic heterocycles. The van der Waals surface area contributed by atoms with Crippen molar-refractivity contribution >= 4 is 28.3 Å². The normalized spacial score (nSPS) is 19.5. The summed E-state index contributed by atoms with van der Waals surface area (Å²) in [6, 6.07) is 6.58. The third-order valence-electron chi connectivity index (χ3n) is 5.56. The molecule has 0 unspecified atom stereocenters. The van der Waals surface area contributed by atoms with Crippen molar-refractivity contribution in [3.63, 3.8) is 0 Å². The summed E-state index contributed by atoms with van der Waals surface area (Å²) < 4.78 is 27.2. The van der Waals surface area contributed by atoms with Gasteiger partial charge in [0.05, 0.1) is 4.90 Å². The Balaban J connectivity index is 0.00000261. The summed E-state index contributed by atoms with van der Waals surface area (Å²) in [4.78, 5) is 12.6. The number of hydrogen-bond donors (Lipinski definition) is 2. The highest BCUT2D eigenvalue weighted by atomic mass is 35.5. The number of carbonyl (C=O) groups excluding carboxylic acids is 1. The lowest BCUT2D eigenvalue weighted by Gasteiger charge is -2.30. The van der Waals surface area contributed by atoms with Crippen LogP contribution in [0, 0.1) is 0 Å². The van der Waals surface area contributed by atoms with Gasteiger partial charge in [-0.05, 0) is 63.0 Å². The fourth-order valence-electron chi connectivity index (χ4n) is 3.82. The summed E-state index contributed by atoms with van der Waals surface area (Å²) in [6.45, 7) is 1.82. The number of benzene rings is 1. The molecule has 6 nitrogen and oxygen atoms in total. The third-order valence-corrected chi connectivity index (χ3v) is 7.48. The molecule has 0 radical (unpaired) electrons. The van der Waals surface area contributed by atoms with E-state index in [1.807, 2.05) is 0 Å². The van der Waals surface area contributed by atoms with Gasteiger partial charge in [-0.15, -0.1) is 12.4 Å². The largest absolute Gasteiger partial charge is 0.349 e. The molecular formula is C19H30ClN3O3S. The number of halogens is 1. The Labute approximate surface area is 168 Å². The van der Waals surface area contributed by atoms with E-state index in [9.17, 15) is 13.2 Å². The Hall–Kier alpha value is -1.15. The first-order valence-corrected chi connectivity index (χ1v) is 11.0. The first kappa shape index (κ1) is 22.1. The maximum Gasteiger partial charge on any atom is 0.251 e. The molecule has 1 aromatic carbocycles. The van der Waals surface area contributed by atoms with E-state index in [1.54, 1.807) is 31.3 Å². The number of hydrogen-bond acceptors (Lipinski definition) is 4. The van der Waals surface area contributed by atoms with Crippen molar-refractivity contribution in [2.75, 3.05) is 20.1 Å². The first-order valence-electron chi connectivity index (χ1n) is 9.58. The lowest BCUT2D eigenvalue weighted by atomic mass is 9.96. The molecule has 1 heterocycles. The van der Waals surface area contributed by atoms with E-state index in [2.05, 4.69) is 10.6 Å². The monoisotopic (exact) mass is 415 g/mol. The van der Waals surface area contributed by atoms with Crippen molar-refractivity contribution in [3.8, 4) is 0 Å². The zero-order chi connectivity index (χ0) is 18.6. The Kier molecular flexibility index (Phi) is 8.09. The van der Waals surface area contributed by atoms with E-state index < -0.39 is 10.0 Å². The number of sulfonamides is 1. The molecular weight excluding hydrogens is 386 g/mol. The number of carbonyl (C=O) groups is 1. The van der Waals surface area contributed by atoms with Gasteiger partial charge in [-0.2, -0.15) is 4.31 Å². The highest BCUT2D eigenvalue weighted by Crippen LogP contribution is 2.26. The number of nitrogens with one attached hydrogen (secondary N) is 2. The molecule has 3 rings (SSSR count). The van der Waals surface area contributed by atoms with E-state index >= 15 is 0 Å². The van der Waals surface area contributed by atoms with Crippen LogP contribution < -0.4 is 10.6 Å². The SMILES string of the molecule is CN(C1CCCCC1)S(=O)(=O)c1ccc(C(=O)NC2CCNCC2)cc1.Cl. The van der Waals surface area contributed by atoms with Crippen molar-refractivity contribution in [3.05, 3.63) is 29.8 Å². The van der Waals surface area contributed by atoms with Crippen LogP contribution in [-0.2, 0) is 10.0 Å².